The van der Waals surface area contributed by atoms with Gasteiger partial charge in [-0.1, -0.05) is 6.07 Å². The molecule has 0 aliphatic heterocycles. The number of hydrogen-bond donors (Lipinski definition) is 3. The molecule has 23 heavy (non-hydrogen) atoms. The molecule has 3 amide bonds. The molecule has 0 spiro atoms. The van der Waals surface area contributed by atoms with E-state index in [0.717, 1.165) is 6.42 Å². The van der Waals surface area contributed by atoms with Crippen LogP contribution >= 0.6 is 11.3 Å². The third-order valence-corrected chi connectivity index (χ3v) is 3.84. The Morgan fingerprint density at radius 2 is 1.78 bits per heavy atom. The number of benzene rings is 1. The summed E-state index contributed by atoms with van der Waals surface area (Å²) in [5.41, 5.74) is 1.25. The topological polar surface area (TPSA) is 79.5 Å². The standard InChI is InChI=1S/C16H19N3O3S/c1-2-22-16(21)19-13-7-5-12(6-8-13)18-15(20)17-10-9-14-4-3-11-23-14/h3-8,11H,2,9-10H2,1H3,(H,19,21)(H2,17,18,20). The molecular formula is C16H19N3O3S. The molecule has 0 radical (unpaired) electrons. The molecule has 0 fully saturated rings. The van der Waals surface area contributed by atoms with Gasteiger partial charge in [0.25, 0.3) is 0 Å². The first kappa shape index (κ1) is 16.8. The van der Waals surface area contributed by atoms with Crippen LogP contribution in [0.5, 0.6) is 0 Å². The molecular weight excluding hydrogens is 314 g/mol. The average molecular weight is 333 g/mol. The fourth-order valence-electron chi connectivity index (χ4n) is 1.85. The third-order valence-electron chi connectivity index (χ3n) is 2.90. The predicted molar refractivity (Wildman–Crippen MR) is 92.1 cm³/mol. The number of nitrogens with one attached hydrogen (secondary N) is 3. The number of urea groups is 1. The van der Waals surface area contributed by atoms with Crippen LogP contribution in [0.2, 0.25) is 0 Å². The van der Waals surface area contributed by atoms with Crippen LogP contribution in [0.1, 0.15) is 11.8 Å². The van der Waals surface area contributed by atoms with Crippen LogP contribution in [0.3, 0.4) is 0 Å². The van der Waals surface area contributed by atoms with Gasteiger partial charge in [-0.25, -0.2) is 9.59 Å². The Kier molecular flexibility index (Phi) is 6.43. The minimum Gasteiger partial charge on any atom is -0.450 e. The number of carbonyl (C=O) groups excluding carboxylic acids is 2. The van der Waals surface area contributed by atoms with Gasteiger partial charge in [0.2, 0.25) is 0 Å². The molecule has 0 bridgehead atoms. The Morgan fingerprint density at radius 1 is 1.09 bits per heavy atom. The van der Waals surface area contributed by atoms with E-state index in [1.54, 1.807) is 42.5 Å². The quantitative estimate of drug-likeness (QED) is 0.754. The van der Waals surface area contributed by atoms with Crippen molar-refractivity contribution >= 4 is 34.8 Å². The van der Waals surface area contributed by atoms with Crippen molar-refractivity contribution in [3.63, 3.8) is 0 Å². The molecule has 2 aromatic rings. The van der Waals surface area contributed by atoms with Crippen molar-refractivity contribution in [2.75, 3.05) is 23.8 Å². The van der Waals surface area contributed by atoms with Gasteiger partial charge in [0.05, 0.1) is 6.61 Å². The zero-order valence-electron chi connectivity index (χ0n) is 12.8. The lowest BCUT2D eigenvalue weighted by atomic mass is 10.3. The van der Waals surface area contributed by atoms with Gasteiger partial charge in [-0.15, -0.1) is 11.3 Å². The second kappa shape index (κ2) is 8.79. The van der Waals surface area contributed by atoms with Crippen LogP contribution in [-0.2, 0) is 11.2 Å². The summed E-state index contributed by atoms with van der Waals surface area (Å²) in [6, 6.07) is 10.6. The summed E-state index contributed by atoms with van der Waals surface area (Å²) < 4.78 is 4.79. The summed E-state index contributed by atoms with van der Waals surface area (Å²) in [6.07, 6.45) is 0.313. The van der Waals surface area contributed by atoms with E-state index in [1.807, 2.05) is 17.5 Å². The second-order valence-electron chi connectivity index (χ2n) is 4.63. The van der Waals surface area contributed by atoms with Crippen LogP contribution in [0.15, 0.2) is 41.8 Å². The summed E-state index contributed by atoms with van der Waals surface area (Å²) >= 11 is 1.67. The number of carbonyl (C=O) groups is 2. The van der Waals surface area contributed by atoms with E-state index < -0.39 is 6.09 Å². The molecule has 1 aromatic carbocycles. The van der Waals surface area contributed by atoms with E-state index in [-0.39, 0.29) is 6.03 Å². The number of anilines is 2. The Morgan fingerprint density at radius 3 is 2.39 bits per heavy atom. The fourth-order valence-corrected chi connectivity index (χ4v) is 2.56. The molecule has 0 aliphatic rings. The molecule has 1 heterocycles. The maximum Gasteiger partial charge on any atom is 0.411 e. The molecule has 0 aliphatic carbocycles. The Hall–Kier alpha value is -2.54. The molecule has 0 atom stereocenters. The van der Waals surface area contributed by atoms with Crippen molar-refractivity contribution in [2.45, 2.75) is 13.3 Å². The Balaban J connectivity index is 1.74. The number of hydrogen-bond acceptors (Lipinski definition) is 4. The van der Waals surface area contributed by atoms with Gasteiger partial charge in [-0.05, 0) is 49.1 Å². The molecule has 3 N–H and O–H groups in total. The minimum absolute atomic E-state index is 0.257. The monoisotopic (exact) mass is 333 g/mol. The molecule has 2 rings (SSSR count). The highest BCUT2D eigenvalue weighted by Gasteiger charge is 2.04. The summed E-state index contributed by atoms with van der Waals surface area (Å²) in [5.74, 6) is 0. The number of amides is 3. The first-order valence-corrected chi connectivity index (χ1v) is 8.16. The highest BCUT2D eigenvalue weighted by atomic mass is 32.1. The van der Waals surface area contributed by atoms with E-state index in [2.05, 4.69) is 16.0 Å². The normalized spacial score (nSPS) is 9.96. The van der Waals surface area contributed by atoms with Crippen molar-refractivity contribution in [1.29, 1.82) is 0 Å². The average Bonchev–Trinajstić information content (AvgIpc) is 3.03. The lowest BCUT2D eigenvalue weighted by molar-refractivity contribution is 0.168. The van der Waals surface area contributed by atoms with Crippen LogP contribution in [0.25, 0.3) is 0 Å². The summed E-state index contributed by atoms with van der Waals surface area (Å²) in [5, 5.41) is 10.1. The summed E-state index contributed by atoms with van der Waals surface area (Å²) in [6.45, 7) is 2.63. The minimum atomic E-state index is -0.500. The molecule has 0 saturated carbocycles. The third kappa shape index (κ3) is 5.99. The molecule has 0 saturated heterocycles. The lowest BCUT2D eigenvalue weighted by Crippen LogP contribution is -2.30. The SMILES string of the molecule is CCOC(=O)Nc1ccc(NC(=O)NCCc2cccs2)cc1. The van der Waals surface area contributed by atoms with E-state index in [4.69, 9.17) is 4.74 Å². The van der Waals surface area contributed by atoms with Gasteiger partial charge in [0.1, 0.15) is 0 Å². The van der Waals surface area contributed by atoms with Crippen molar-refractivity contribution in [2.24, 2.45) is 0 Å². The molecule has 7 heteroatoms. The molecule has 0 unspecified atom stereocenters. The van der Waals surface area contributed by atoms with Gasteiger partial charge in [-0.3, -0.25) is 5.32 Å². The highest BCUT2D eigenvalue weighted by molar-refractivity contribution is 7.09. The Labute approximate surface area is 138 Å². The van der Waals surface area contributed by atoms with Crippen LogP contribution in [-0.4, -0.2) is 25.3 Å². The van der Waals surface area contributed by atoms with Crippen LogP contribution in [0, 0.1) is 0 Å². The van der Waals surface area contributed by atoms with E-state index in [0.29, 0.717) is 24.5 Å². The summed E-state index contributed by atoms with van der Waals surface area (Å²) in [4.78, 5) is 24.3. The fraction of sp³-hybridized carbons (Fsp3) is 0.250. The lowest BCUT2D eigenvalue weighted by Gasteiger charge is -2.09. The Bertz CT molecular complexity index is 627. The predicted octanol–water partition coefficient (Wildman–Crippen LogP) is 3.68. The molecule has 122 valence electrons. The van der Waals surface area contributed by atoms with Crippen molar-refractivity contribution in [1.82, 2.24) is 5.32 Å². The van der Waals surface area contributed by atoms with Gasteiger partial charge >= 0.3 is 12.1 Å². The number of rotatable bonds is 6. The number of thiophene rings is 1. The maximum atomic E-state index is 11.8. The zero-order valence-corrected chi connectivity index (χ0v) is 13.6. The first-order valence-electron chi connectivity index (χ1n) is 7.28. The van der Waals surface area contributed by atoms with Gasteiger partial charge in [0.15, 0.2) is 0 Å². The van der Waals surface area contributed by atoms with Gasteiger partial charge in [-0.2, -0.15) is 0 Å². The molecule has 1 aromatic heterocycles. The van der Waals surface area contributed by atoms with Crippen molar-refractivity contribution < 1.29 is 14.3 Å². The van der Waals surface area contributed by atoms with E-state index >= 15 is 0 Å². The van der Waals surface area contributed by atoms with Crippen molar-refractivity contribution in [3.8, 4) is 0 Å². The highest BCUT2D eigenvalue weighted by Crippen LogP contribution is 2.13. The van der Waals surface area contributed by atoms with E-state index in [1.165, 1.54) is 4.88 Å². The van der Waals surface area contributed by atoms with Gasteiger partial charge < -0.3 is 15.4 Å². The maximum absolute atomic E-state index is 11.8. The smallest absolute Gasteiger partial charge is 0.411 e. The number of ether oxygens (including phenoxy) is 1. The molecule has 6 nitrogen and oxygen atoms in total. The largest absolute Gasteiger partial charge is 0.450 e. The van der Waals surface area contributed by atoms with Crippen molar-refractivity contribution in [3.05, 3.63) is 46.7 Å². The summed E-state index contributed by atoms with van der Waals surface area (Å²) in [7, 11) is 0. The second-order valence-corrected chi connectivity index (χ2v) is 5.67. The van der Waals surface area contributed by atoms with Crippen LogP contribution in [0.4, 0.5) is 21.0 Å². The zero-order chi connectivity index (χ0) is 16.5. The van der Waals surface area contributed by atoms with Crippen LogP contribution < -0.4 is 16.0 Å². The first-order chi connectivity index (χ1) is 11.2. The van der Waals surface area contributed by atoms with Gasteiger partial charge in [0, 0.05) is 22.8 Å². The van der Waals surface area contributed by atoms with E-state index in [9.17, 15) is 9.59 Å².